The maximum Gasteiger partial charge on any atom is 0.309 e. The number of piperidine rings is 1. The molecule has 2 aliphatic rings. The molecule has 0 radical (unpaired) electrons. The Morgan fingerprint density at radius 2 is 1.88 bits per heavy atom. The van der Waals surface area contributed by atoms with E-state index < -0.39 is 17.4 Å². The predicted octanol–water partition coefficient (Wildman–Crippen LogP) is 0.631. The molecular weight excluding hydrogens is 324 g/mol. The minimum absolute atomic E-state index is 0.0318. The molecule has 1 atom stereocenters. The summed E-state index contributed by atoms with van der Waals surface area (Å²) in [6.45, 7) is 4.36. The molecule has 2 amide bonds. The van der Waals surface area contributed by atoms with Crippen LogP contribution in [0.2, 0.25) is 0 Å². The molecule has 134 valence electrons. The van der Waals surface area contributed by atoms with E-state index in [9.17, 15) is 19.5 Å². The van der Waals surface area contributed by atoms with Crippen LogP contribution in [0.25, 0.3) is 0 Å². The van der Waals surface area contributed by atoms with Crippen molar-refractivity contribution in [3.63, 3.8) is 0 Å². The lowest BCUT2D eigenvalue weighted by atomic mass is 9.77. The highest BCUT2D eigenvalue weighted by molar-refractivity contribution is 5.93. The molecule has 0 saturated carbocycles. The lowest BCUT2D eigenvalue weighted by Crippen LogP contribution is -2.57. The predicted molar refractivity (Wildman–Crippen MR) is 87.9 cm³/mol. The van der Waals surface area contributed by atoms with Crippen LogP contribution in [0.3, 0.4) is 0 Å². The number of rotatable bonds is 2. The van der Waals surface area contributed by atoms with Gasteiger partial charge in [0.2, 0.25) is 5.91 Å². The maximum atomic E-state index is 12.7. The zero-order valence-corrected chi connectivity index (χ0v) is 14.7. The summed E-state index contributed by atoms with van der Waals surface area (Å²) in [4.78, 5) is 48.0. The lowest BCUT2D eigenvalue weighted by Gasteiger charge is -2.45. The van der Waals surface area contributed by atoms with Gasteiger partial charge in [0.25, 0.3) is 5.91 Å². The van der Waals surface area contributed by atoms with Crippen LogP contribution in [0.15, 0.2) is 6.07 Å². The standard InChI is InChI=1S/C17H22N4O4/c1-10-8-13(19-11(2)18-10)15(23)21-6-4-17(5-7-21)12(16(24)25)9-14(22)20(17)3/h8,12H,4-7,9H2,1-3H3,(H,24,25)/t12-/m0/s1. The third-order valence-electron chi connectivity index (χ3n) is 5.47. The van der Waals surface area contributed by atoms with Crippen LogP contribution in [0.4, 0.5) is 0 Å². The van der Waals surface area contributed by atoms with Gasteiger partial charge in [-0.25, -0.2) is 9.97 Å². The Kier molecular flexibility index (Phi) is 4.22. The van der Waals surface area contributed by atoms with E-state index in [1.807, 2.05) is 6.92 Å². The van der Waals surface area contributed by atoms with E-state index >= 15 is 0 Å². The number of aryl methyl sites for hydroxylation is 2. The fourth-order valence-electron chi connectivity index (χ4n) is 4.07. The molecule has 1 N–H and O–H groups in total. The smallest absolute Gasteiger partial charge is 0.309 e. The van der Waals surface area contributed by atoms with E-state index in [0.29, 0.717) is 37.4 Å². The molecule has 2 fully saturated rings. The van der Waals surface area contributed by atoms with Crippen molar-refractivity contribution in [3.8, 4) is 0 Å². The molecular formula is C17H22N4O4. The quantitative estimate of drug-likeness (QED) is 0.842. The first-order valence-electron chi connectivity index (χ1n) is 8.35. The highest BCUT2D eigenvalue weighted by atomic mass is 16.4. The van der Waals surface area contributed by atoms with Gasteiger partial charge in [0.1, 0.15) is 11.5 Å². The molecule has 25 heavy (non-hydrogen) atoms. The van der Waals surface area contributed by atoms with Gasteiger partial charge in [-0.2, -0.15) is 0 Å². The van der Waals surface area contributed by atoms with E-state index in [1.54, 1.807) is 29.8 Å². The van der Waals surface area contributed by atoms with Gasteiger partial charge in [-0.3, -0.25) is 14.4 Å². The van der Waals surface area contributed by atoms with Gasteiger partial charge in [-0.1, -0.05) is 0 Å². The first-order valence-corrected chi connectivity index (χ1v) is 8.35. The van der Waals surface area contributed by atoms with E-state index in [-0.39, 0.29) is 18.2 Å². The van der Waals surface area contributed by atoms with Crippen LogP contribution in [0.1, 0.15) is 41.3 Å². The molecule has 1 aromatic heterocycles. The molecule has 0 bridgehead atoms. The third kappa shape index (κ3) is 2.85. The molecule has 0 aromatic carbocycles. The average molecular weight is 346 g/mol. The highest BCUT2D eigenvalue weighted by Gasteiger charge is 2.55. The molecule has 8 heteroatoms. The second-order valence-electron chi connectivity index (χ2n) is 6.89. The molecule has 8 nitrogen and oxygen atoms in total. The number of carboxylic acid groups (broad SMARTS) is 1. The van der Waals surface area contributed by atoms with Gasteiger partial charge in [-0.05, 0) is 32.8 Å². The second-order valence-corrected chi connectivity index (χ2v) is 6.89. The average Bonchev–Trinajstić information content (AvgIpc) is 2.79. The molecule has 3 heterocycles. The van der Waals surface area contributed by atoms with E-state index in [2.05, 4.69) is 9.97 Å². The van der Waals surface area contributed by atoms with Crippen molar-refractivity contribution in [2.75, 3.05) is 20.1 Å². The van der Waals surface area contributed by atoms with Gasteiger partial charge < -0.3 is 14.9 Å². The Labute approximate surface area is 145 Å². The fraction of sp³-hybridized carbons (Fsp3) is 0.588. The minimum Gasteiger partial charge on any atom is -0.481 e. The fourth-order valence-corrected chi connectivity index (χ4v) is 4.07. The number of aromatic nitrogens is 2. The number of hydrogen-bond acceptors (Lipinski definition) is 5. The summed E-state index contributed by atoms with van der Waals surface area (Å²) in [6.07, 6.45) is 0.950. The van der Waals surface area contributed by atoms with Crippen molar-refractivity contribution in [1.82, 2.24) is 19.8 Å². The van der Waals surface area contributed by atoms with Gasteiger partial charge in [0.05, 0.1) is 11.5 Å². The Balaban J connectivity index is 1.78. The highest BCUT2D eigenvalue weighted by Crippen LogP contribution is 2.42. The summed E-state index contributed by atoms with van der Waals surface area (Å²) < 4.78 is 0. The largest absolute Gasteiger partial charge is 0.481 e. The molecule has 3 rings (SSSR count). The van der Waals surface area contributed by atoms with Crippen molar-refractivity contribution in [2.45, 2.75) is 38.6 Å². The second kappa shape index (κ2) is 6.09. The van der Waals surface area contributed by atoms with Crippen molar-refractivity contribution in [3.05, 3.63) is 23.3 Å². The number of nitrogens with zero attached hydrogens (tertiary/aromatic N) is 4. The van der Waals surface area contributed by atoms with Gasteiger partial charge in [0, 0.05) is 32.3 Å². The molecule has 0 aliphatic carbocycles. The number of carbonyl (C=O) groups is 3. The Bertz CT molecular complexity index is 720. The monoisotopic (exact) mass is 346 g/mol. The molecule has 1 aromatic rings. The van der Waals surface area contributed by atoms with Crippen LogP contribution in [-0.4, -0.2) is 68.3 Å². The van der Waals surface area contributed by atoms with Crippen LogP contribution >= 0.6 is 0 Å². The van der Waals surface area contributed by atoms with Crippen molar-refractivity contribution in [1.29, 1.82) is 0 Å². The zero-order valence-electron chi connectivity index (χ0n) is 14.7. The lowest BCUT2D eigenvalue weighted by molar-refractivity contribution is -0.145. The first kappa shape index (κ1) is 17.3. The Morgan fingerprint density at radius 3 is 2.44 bits per heavy atom. The van der Waals surface area contributed by atoms with Gasteiger partial charge >= 0.3 is 5.97 Å². The number of amides is 2. The normalized spacial score (nSPS) is 22.5. The number of carbonyl (C=O) groups excluding carboxylic acids is 2. The zero-order chi connectivity index (χ0) is 18.4. The number of carboxylic acids is 1. The van der Waals surface area contributed by atoms with E-state index in [0.717, 1.165) is 5.69 Å². The first-order chi connectivity index (χ1) is 11.7. The van der Waals surface area contributed by atoms with Gasteiger partial charge in [-0.15, -0.1) is 0 Å². The Hall–Kier alpha value is -2.51. The van der Waals surface area contributed by atoms with Crippen molar-refractivity contribution >= 4 is 17.8 Å². The van der Waals surface area contributed by atoms with Crippen LogP contribution in [0, 0.1) is 19.8 Å². The molecule has 2 saturated heterocycles. The summed E-state index contributed by atoms with van der Waals surface area (Å²) in [5.74, 6) is -1.44. The molecule has 2 aliphatic heterocycles. The topological polar surface area (TPSA) is 104 Å². The number of hydrogen-bond donors (Lipinski definition) is 1. The van der Waals surface area contributed by atoms with Crippen LogP contribution < -0.4 is 0 Å². The summed E-state index contributed by atoms with van der Waals surface area (Å²) in [6, 6.07) is 1.66. The summed E-state index contributed by atoms with van der Waals surface area (Å²) >= 11 is 0. The third-order valence-corrected chi connectivity index (χ3v) is 5.47. The van der Waals surface area contributed by atoms with E-state index in [4.69, 9.17) is 0 Å². The molecule has 0 unspecified atom stereocenters. The summed E-state index contributed by atoms with van der Waals surface area (Å²) in [5, 5.41) is 9.50. The van der Waals surface area contributed by atoms with Crippen LogP contribution in [-0.2, 0) is 9.59 Å². The number of aliphatic carboxylic acids is 1. The van der Waals surface area contributed by atoms with E-state index in [1.165, 1.54) is 0 Å². The summed E-state index contributed by atoms with van der Waals surface area (Å²) in [7, 11) is 1.67. The van der Waals surface area contributed by atoms with Crippen molar-refractivity contribution in [2.24, 2.45) is 5.92 Å². The van der Waals surface area contributed by atoms with Crippen molar-refractivity contribution < 1.29 is 19.5 Å². The van der Waals surface area contributed by atoms with Crippen LogP contribution in [0.5, 0.6) is 0 Å². The summed E-state index contributed by atoms with van der Waals surface area (Å²) in [5.41, 5.74) is 0.389. The maximum absolute atomic E-state index is 12.7. The molecule has 1 spiro atoms. The van der Waals surface area contributed by atoms with Gasteiger partial charge in [0.15, 0.2) is 0 Å². The number of likely N-dealkylation sites (tertiary alicyclic amines) is 2. The minimum atomic E-state index is -0.945. The Morgan fingerprint density at radius 1 is 1.24 bits per heavy atom. The SMILES string of the molecule is Cc1cc(C(=O)N2CCC3(CC2)[C@H](C(=O)O)CC(=O)N3C)nc(C)n1.